The highest BCUT2D eigenvalue weighted by Gasteiger charge is 2.40. The quantitative estimate of drug-likeness (QED) is 0.420. The van der Waals surface area contributed by atoms with Crippen LogP contribution in [0.3, 0.4) is 0 Å². The fraction of sp³-hybridized carbons (Fsp3) is 0.250. The zero-order chi connectivity index (χ0) is 22.0. The third kappa shape index (κ3) is 3.66. The first kappa shape index (κ1) is 20.8. The first-order valence-electron chi connectivity index (χ1n) is 8.94. The number of nitrogens with zero attached hydrogens (tertiary/aromatic N) is 2. The van der Waals surface area contributed by atoms with Crippen molar-refractivity contribution >= 4 is 29.1 Å². The summed E-state index contributed by atoms with van der Waals surface area (Å²) in [4.78, 5) is 48.7. The van der Waals surface area contributed by atoms with Gasteiger partial charge in [0.1, 0.15) is 5.56 Å². The number of carbonyl (C=O) groups excluding carboxylic acids is 3. The molecule has 10 nitrogen and oxygen atoms in total. The molecule has 156 valence electrons. The van der Waals surface area contributed by atoms with E-state index >= 15 is 0 Å². The van der Waals surface area contributed by atoms with Crippen LogP contribution in [0.5, 0.6) is 11.5 Å². The number of rotatable bonds is 7. The maximum atomic E-state index is 12.5. The van der Waals surface area contributed by atoms with E-state index in [1.807, 2.05) is 0 Å². The molecule has 0 aromatic heterocycles. The van der Waals surface area contributed by atoms with Crippen molar-refractivity contribution < 1.29 is 28.8 Å². The molecule has 0 spiro atoms. The Hall–Kier alpha value is -3.95. The van der Waals surface area contributed by atoms with E-state index in [1.54, 1.807) is 19.1 Å². The number of fused-ring (bicyclic) bond motifs is 1. The largest absolute Gasteiger partial charge is 0.493 e. The number of nitro benzene ring substituents is 1. The Morgan fingerprint density at radius 1 is 1.13 bits per heavy atom. The van der Waals surface area contributed by atoms with Crippen LogP contribution in [0, 0.1) is 17.0 Å². The van der Waals surface area contributed by atoms with Gasteiger partial charge >= 0.3 is 0 Å². The SMILES string of the molecule is COc1cc(C)c(NC(=O)CCN2C(=O)c3cccc([N+](=O)[O-])c3C2=O)cc1OC. The number of methoxy groups -OCH3 is 2. The standard InChI is InChI=1S/C20H19N3O7/c1-11-9-15(29-2)16(30-3)10-13(11)21-17(24)7-8-22-19(25)12-5-4-6-14(23(27)28)18(12)20(22)26/h4-6,9-10H,7-8H2,1-3H3,(H,21,24). The van der Waals surface area contributed by atoms with E-state index in [1.165, 1.54) is 32.4 Å². The van der Waals surface area contributed by atoms with Crippen molar-refractivity contribution in [2.45, 2.75) is 13.3 Å². The second kappa shape index (κ2) is 8.19. The van der Waals surface area contributed by atoms with Gasteiger partial charge in [0, 0.05) is 30.8 Å². The van der Waals surface area contributed by atoms with Crippen molar-refractivity contribution in [3.8, 4) is 11.5 Å². The van der Waals surface area contributed by atoms with Crippen molar-refractivity contribution in [2.24, 2.45) is 0 Å². The molecule has 10 heteroatoms. The summed E-state index contributed by atoms with van der Waals surface area (Å²) < 4.78 is 10.4. The Bertz CT molecular complexity index is 1060. The van der Waals surface area contributed by atoms with Crippen LogP contribution in [0.2, 0.25) is 0 Å². The molecule has 0 atom stereocenters. The van der Waals surface area contributed by atoms with Crippen molar-refractivity contribution in [2.75, 3.05) is 26.1 Å². The predicted octanol–water partition coefficient (Wildman–Crippen LogP) is 2.55. The van der Waals surface area contributed by atoms with Gasteiger partial charge in [-0.15, -0.1) is 0 Å². The second-order valence-electron chi connectivity index (χ2n) is 6.54. The minimum Gasteiger partial charge on any atom is -0.493 e. The lowest BCUT2D eigenvalue weighted by Crippen LogP contribution is -2.33. The molecular formula is C20H19N3O7. The highest BCUT2D eigenvalue weighted by Crippen LogP contribution is 2.33. The van der Waals surface area contributed by atoms with Gasteiger partial charge in [-0.1, -0.05) is 6.07 Å². The first-order chi connectivity index (χ1) is 14.3. The van der Waals surface area contributed by atoms with E-state index in [-0.39, 0.29) is 24.1 Å². The highest BCUT2D eigenvalue weighted by atomic mass is 16.6. The Morgan fingerprint density at radius 2 is 1.80 bits per heavy atom. The van der Waals surface area contributed by atoms with E-state index in [0.717, 1.165) is 10.5 Å². The minimum absolute atomic E-state index is 0.0367. The van der Waals surface area contributed by atoms with Crippen LogP contribution >= 0.6 is 0 Å². The highest BCUT2D eigenvalue weighted by molar-refractivity contribution is 6.23. The van der Waals surface area contributed by atoms with Crippen LogP contribution < -0.4 is 14.8 Å². The molecule has 1 N–H and O–H groups in total. The maximum Gasteiger partial charge on any atom is 0.282 e. The summed E-state index contributed by atoms with van der Waals surface area (Å²) in [7, 11) is 2.97. The summed E-state index contributed by atoms with van der Waals surface area (Å²) in [5.74, 6) is -0.922. The minimum atomic E-state index is -0.780. The van der Waals surface area contributed by atoms with Crippen molar-refractivity contribution in [3.05, 3.63) is 57.1 Å². The molecule has 1 aliphatic heterocycles. The van der Waals surface area contributed by atoms with Gasteiger partial charge in [0.25, 0.3) is 17.5 Å². The Kier molecular flexibility index (Phi) is 5.67. The number of nitro groups is 1. The van der Waals surface area contributed by atoms with Crippen LogP contribution in [-0.2, 0) is 4.79 Å². The molecule has 0 unspecified atom stereocenters. The fourth-order valence-electron chi connectivity index (χ4n) is 3.21. The molecule has 3 amide bonds. The lowest BCUT2D eigenvalue weighted by molar-refractivity contribution is -0.385. The van der Waals surface area contributed by atoms with Crippen LogP contribution in [0.1, 0.15) is 32.7 Å². The molecule has 3 rings (SSSR count). The lowest BCUT2D eigenvalue weighted by Gasteiger charge is -2.15. The molecule has 0 saturated heterocycles. The van der Waals surface area contributed by atoms with Crippen molar-refractivity contribution in [1.82, 2.24) is 4.90 Å². The molecule has 0 radical (unpaired) electrons. The Labute approximate surface area is 171 Å². The molecule has 1 aliphatic rings. The van der Waals surface area contributed by atoms with Crippen LogP contribution in [0.25, 0.3) is 0 Å². The van der Waals surface area contributed by atoms with Crippen LogP contribution in [0.15, 0.2) is 30.3 Å². The summed E-state index contributed by atoms with van der Waals surface area (Å²) in [6.45, 7) is 1.57. The molecule has 1 heterocycles. The van der Waals surface area contributed by atoms with Gasteiger partial charge in [-0.25, -0.2) is 0 Å². The van der Waals surface area contributed by atoms with Gasteiger partial charge in [-0.05, 0) is 24.6 Å². The number of imide groups is 1. The van der Waals surface area contributed by atoms with Gasteiger partial charge in [0.15, 0.2) is 11.5 Å². The van der Waals surface area contributed by atoms with Crippen molar-refractivity contribution in [1.29, 1.82) is 0 Å². The van der Waals surface area contributed by atoms with E-state index in [4.69, 9.17) is 9.47 Å². The number of hydrogen-bond donors (Lipinski definition) is 1. The smallest absolute Gasteiger partial charge is 0.282 e. The van der Waals surface area contributed by atoms with E-state index in [9.17, 15) is 24.5 Å². The number of nitrogens with one attached hydrogen (secondary N) is 1. The number of hydrogen-bond acceptors (Lipinski definition) is 7. The van der Waals surface area contributed by atoms with Gasteiger partial charge < -0.3 is 14.8 Å². The number of amides is 3. The summed E-state index contributed by atoms with van der Waals surface area (Å²) in [5, 5.41) is 13.9. The Balaban J connectivity index is 1.72. The van der Waals surface area contributed by atoms with Gasteiger partial charge in [0.05, 0.1) is 24.7 Å². The van der Waals surface area contributed by atoms with Crippen LogP contribution in [-0.4, -0.2) is 48.3 Å². The first-order valence-corrected chi connectivity index (χ1v) is 8.94. The molecule has 30 heavy (non-hydrogen) atoms. The fourth-order valence-corrected chi connectivity index (χ4v) is 3.21. The summed E-state index contributed by atoms with van der Waals surface area (Å²) in [5.41, 5.74) is 0.515. The third-order valence-electron chi connectivity index (χ3n) is 4.74. The van der Waals surface area contributed by atoms with Crippen molar-refractivity contribution in [3.63, 3.8) is 0 Å². The summed E-state index contributed by atoms with van der Waals surface area (Å²) in [6.07, 6.45) is -0.174. The average Bonchev–Trinajstić information content (AvgIpc) is 2.97. The number of benzene rings is 2. The maximum absolute atomic E-state index is 12.5. The molecule has 0 bridgehead atoms. The number of aryl methyl sites for hydroxylation is 1. The van der Waals surface area contributed by atoms with E-state index in [0.29, 0.717) is 17.2 Å². The zero-order valence-corrected chi connectivity index (χ0v) is 16.6. The third-order valence-corrected chi connectivity index (χ3v) is 4.74. The molecule has 0 aliphatic carbocycles. The van der Waals surface area contributed by atoms with E-state index < -0.39 is 28.3 Å². The Morgan fingerprint density at radius 3 is 2.43 bits per heavy atom. The van der Waals surface area contributed by atoms with Crippen LogP contribution in [0.4, 0.5) is 11.4 Å². The molecule has 2 aromatic carbocycles. The topological polar surface area (TPSA) is 128 Å². The summed E-state index contributed by atoms with van der Waals surface area (Å²) in [6, 6.07) is 7.18. The van der Waals surface area contributed by atoms with Gasteiger partial charge in [-0.2, -0.15) is 0 Å². The normalized spacial score (nSPS) is 12.6. The molecule has 0 fully saturated rings. The second-order valence-corrected chi connectivity index (χ2v) is 6.54. The monoisotopic (exact) mass is 413 g/mol. The average molecular weight is 413 g/mol. The van der Waals surface area contributed by atoms with E-state index in [2.05, 4.69) is 5.32 Å². The molecule has 0 saturated carbocycles. The number of ether oxygens (including phenoxy) is 2. The number of carbonyl (C=O) groups is 3. The molecular weight excluding hydrogens is 394 g/mol. The predicted molar refractivity (Wildman–Crippen MR) is 106 cm³/mol. The zero-order valence-electron chi connectivity index (χ0n) is 16.6. The lowest BCUT2D eigenvalue weighted by atomic mass is 10.1. The number of anilines is 1. The van der Waals surface area contributed by atoms with Gasteiger partial charge in [-0.3, -0.25) is 29.4 Å². The summed E-state index contributed by atoms with van der Waals surface area (Å²) >= 11 is 0. The molecule has 2 aromatic rings. The van der Waals surface area contributed by atoms with Gasteiger partial charge in [0.2, 0.25) is 5.91 Å².